The molecule has 0 radical (unpaired) electrons. The molecule has 0 bridgehead atoms. The molecule has 1 fully saturated rings. The summed E-state index contributed by atoms with van der Waals surface area (Å²) in [5.74, 6) is 0.104. The van der Waals surface area contributed by atoms with Gasteiger partial charge in [0.25, 0.3) is 0 Å². The second kappa shape index (κ2) is 8.40. The van der Waals surface area contributed by atoms with Crippen molar-refractivity contribution in [3.05, 3.63) is 51.5 Å². The Morgan fingerprint density at radius 3 is 2.83 bits per heavy atom. The Balaban J connectivity index is 1.45. The molecule has 1 aromatic carbocycles. The molecule has 0 atom stereocenters. The normalized spacial score (nSPS) is 14.9. The third kappa shape index (κ3) is 4.89. The number of nitrogens with one attached hydrogen (secondary N) is 1. The number of nitrogens with zero attached hydrogens (tertiary/aromatic N) is 2. The van der Waals surface area contributed by atoms with Crippen molar-refractivity contribution in [3.8, 4) is 0 Å². The minimum absolute atomic E-state index is 0.104. The van der Waals surface area contributed by atoms with Gasteiger partial charge in [0.1, 0.15) is 0 Å². The SMILES string of the molecule is Cc1ncsc1CCC(=O)NCc1cccc(CN2CCCC2)c1. The summed E-state index contributed by atoms with van der Waals surface area (Å²) in [4.78, 5) is 20.0. The molecular formula is C19H25N3OS. The van der Waals surface area contributed by atoms with E-state index < -0.39 is 0 Å². The van der Waals surface area contributed by atoms with Crippen LogP contribution in [0.5, 0.6) is 0 Å². The summed E-state index contributed by atoms with van der Waals surface area (Å²) < 4.78 is 0. The maximum atomic E-state index is 12.1. The molecule has 2 heterocycles. The van der Waals surface area contributed by atoms with Gasteiger partial charge in [-0.1, -0.05) is 24.3 Å². The molecule has 0 spiro atoms. The summed E-state index contributed by atoms with van der Waals surface area (Å²) in [6, 6.07) is 8.57. The largest absolute Gasteiger partial charge is 0.352 e. The highest BCUT2D eigenvalue weighted by molar-refractivity contribution is 7.09. The molecule has 2 aromatic rings. The smallest absolute Gasteiger partial charge is 0.220 e. The van der Waals surface area contributed by atoms with E-state index in [0.717, 1.165) is 18.7 Å². The van der Waals surface area contributed by atoms with E-state index in [2.05, 4.69) is 39.5 Å². The Morgan fingerprint density at radius 1 is 1.29 bits per heavy atom. The lowest BCUT2D eigenvalue weighted by Gasteiger charge is -2.15. The molecule has 1 N–H and O–H groups in total. The molecule has 1 aliphatic heterocycles. The first-order valence-corrected chi connectivity index (χ1v) is 9.54. The monoisotopic (exact) mass is 343 g/mol. The van der Waals surface area contributed by atoms with Crippen LogP contribution in [0.15, 0.2) is 29.8 Å². The molecule has 0 aliphatic carbocycles. The van der Waals surface area contributed by atoms with Gasteiger partial charge < -0.3 is 5.32 Å². The second-order valence-electron chi connectivity index (χ2n) is 6.44. The number of thiazole rings is 1. The maximum absolute atomic E-state index is 12.1. The molecule has 5 heteroatoms. The van der Waals surface area contributed by atoms with Gasteiger partial charge in [0, 0.05) is 24.4 Å². The fraction of sp³-hybridized carbons (Fsp3) is 0.474. The molecule has 24 heavy (non-hydrogen) atoms. The molecule has 1 amide bonds. The Kier molecular flexibility index (Phi) is 5.99. The molecule has 1 saturated heterocycles. The molecular weight excluding hydrogens is 318 g/mol. The number of aryl methyl sites for hydroxylation is 2. The third-order valence-electron chi connectivity index (χ3n) is 4.51. The van der Waals surface area contributed by atoms with E-state index in [9.17, 15) is 4.79 Å². The van der Waals surface area contributed by atoms with Gasteiger partial charge in [-0.15, -0.1) is 11.3 Å². The van der Waals surface area contributed by atoms with Crippen LogP contribution in [0.1, 0.15) is 41.0 Å². The van der Waals surface area contributed by atoms with E-state index in [1.165, 1.54) is 41.9 Å². The van der Waals surface area contributed by atoms with E-state index in [4.69, 9.17) is 0 Å². The average molecular weight is 343 g/mol. The molecule has 4 nitrogen and oxygen atoms in total. The number of amides is 1. The van der Waals surface area contributed by atoms with Crippen molar-refractivity contribution in [2.45, 2.75) is 45.7 Å². The molecule has 1 aromatic heterocycles. The minimum atomic E-state index is 0.104. The van der Waals surface area contributed by atoms with Crippen LogP contribution in [0.4, 0.5) is 0 Å². The van der Waals surface area contributed by atoms with Crippen LogP contribution >= 0.6 is 11.3 Å². The summed E-state index contributed by atoms with van der Waals surface area (Å²) in [7, 11) is 0. The van der Waals surface area contributed by atoms with E-state index in [0.29, 0.717) is 13.0 Å². The lowest BCUT2D eigenvalue weighted by Crippen LogP contribution is -2.23. The Hall–Kier alpha value is -1.72. The number of hydrogen-bond acceptors (Lipinski definition) is 4. The van der Waals surface area contributed by atoms with Crippen LogP contribution in [0, 0.1) is 6.92 Å². The van der Waals surface area contributed by atoms with Gasteiger partial charge >= 0.3 is 0 Å². The van der Waals surface area contributed by atoms with Crippen molar-refractivity contribution in [1.82, 2.24) is 15.2 Å². The quantitative estimate of drug-likeness (QED) is 0.839. The van der Waals surface area contributed by atoms with Crippen LogP contribution in [0.25, 0.3) is 0 Å². The van der Waals surface area contributed by atoms with E-state index in [1.807, 2.05) is 12.4 Å². The predicted molar refractivity (Wildman–Crippen MR) is 98.0 cm³/mol. The summed E-state index contributed by atoms with van der Waals surface area (Å²) in [6.07, 6.45) is 3.93. The maximum Gasteiger partial charge on any atom is 0.220 e. The summed E-state index contributed by atoms with van der Waals surface area (Å²) in [5.41, 5.74) is 5.40. The second-order valence-corrected chi connectivity index (χ2v) is 7.38. The first-order chi connectivity index (χ1) is 11.7. The first kappa shape index (κ1) is 17.1. The topological polar surface area (TPSA) is 45.2 Å². The number of benzene rings is 1. The molecule has 0 saturated carbocycles. The molecule has 128 valence electrons. The van der Waals surface area contributed by atoms with Crippen molar-refractivity contribution in [3.63, 3.8) is 0 Å². The highest BCUT2D eigenvalue weighted by Crippen LogP contribution is 2.15. The van der Waals surface area contributed by atoms with Gasteiger partial charge in [-0.2, -0.15) is 0 Å². The zero-order valence-electron chi connectivity index (χ0n) is 14.3. The number of likely N-dealkylation sites (tertiary alicyclic amines) is 1. The van der Waals surface area contributed by atoms with Gasteiger partial charge in [-0.25, -0.2) is 4.98 Å². The van der Waals surface area contributed by atoms with Crippen LogP contribution < -0.4 is 5.32 Å². The highest BCUT2D eigenvalue weighted by Gasteiger charge is 2.12. The van der Waals surface area contributed by atoms with Crippen molar-refractivity contribution in [2.24, 2.45) is 0 Å². The molecule has 0 unspecified atom stereocenters. The van der Waals surface area contributed by atoms with Gasteiger partial charge in [-0.05, 0) is 50.4 Å². The Labute approximate surface area is 147 Å². The van der Waals surface area contributed by atoms with Gasteiger partial charge in [0.2, 0.25) is 5.91 Å². The summed E-state index contributed by atoms with van der Waals surface area (Å²) in [6.45, 7) is 6.03. The number of hydrogen-bond donors (Lipinski definition) is 1. The third-order valence-corrected chi connectivity index (χ3v) is 5.50. The van der Waals surface area contributed by atoms with Crippen molar-refractivity contribution in [1.29, 1.82) is 0 Å². The lowest BCUT2D eigenvalue weighted by atomic mass is 10.1. The molecule has 1 aliphatic rings. The fourth-order valence-electron chi connectivity index (χ4n) is 3.12. The van der Waals surface area contributed by atoms with Crippen molar-refractivity contribution >= 4 is 17.2 Å². The fourth-order valence-corrected chi connectivity index (χ4v) is 3.90. The van der Waals surface area contributed by atoms with Gasteiger partial charge in [-0.3, -0.25) is 9.69 Å². The first-order valence-electron chi connectivity index (χ1n) is 8.66. The standard InChI is InChI=1S/C19H25N3OS/c1-15-18(24-14-21-15)7-8-19(23)20-12-16-5-4-6-17(11-16)13-22-9-2-3-10-22/h4-6,11,14H,2-3,7-10,12-13H2,1H3,(H,20,23). The molecule has 3 rings (SSSR count). The van der Waals surface area contributed by atoms with Gasteiger partial charge in [0.05, 0.1) is 11.2 Å². The van der Waals surface area contributed by atoms with E-state index in [-0.39, 0.29) is 5.91 Å². The average Bonchev–Trinajstić information content (AvgIpc) is 3.23. The van der Waals surface area contributed by atoms with Crippen molar-refractivity contribution in [2.75, 3.05) is 13.1 Å². The van der Waals surface area contributed by atoms with Crippen molar-refractivity contribution < 1.29 is 4.79 Å². The van der Waals surface area contributed by atoms with E-state index in [1.54, 1.807) is 11.3 Å². The van der Waals surface area contributed by atoms with Gasteiger partial charge in [0.15, 0.2) is 0 Å². The zero-order chi connectivity index (χ0) is 16.8. The number of aromatic nitrogens is 1. The predicted octanol–water partition coefficient (Wildman–Crippen LogP) is 3.30. The lowest BCUT2D eigenvalue weighted by molar-refractivity contribution is -0.121. The zero-order valence-corrected chi connectivity index (χ0v) is 15.1. The Morgan fingerprint density at radius 2 is 2.08 bits per heavy atom. The van der Waals surface area contributed by atoms with Crippen LogP contribution in [0.3, 0.4) is 0 Å². The summed E-state index contributed by atoms with van der Waals surface area (Å²) >= 11 is 1.63. The highest BCUT2D eigenvalue weighted by atomic mass is 32.1. The van der Waals surface area contributed by atoms with Crippen LogP contribution in [-0.2, 0) is 24.3 Å². The minimum Gasteiger partial charge on any atom is -0.352 e. The van der Waals surface area contributed by atoms with E-state index >= 15 is 0 Å². The summed E-state index contributed by atoms with van der Waals surface area (Å²) in [5, 5.41) is 3.03. The number of carbonyl (C=O) groups is 1. The van der Waals surface area contributed by atoms with Crippen LogP contribution in [0.2, 0.25) is 0 Å². The Bertz CT molecular complexity index is 677. The number of rotatable bonds is 7. The van der Waals surface area contributed by atoms with Crippen LogP contribution in [-0.4, -0.2) is 28.9 Å². The number of carbonyl (C=O) groups excluding carboxylic acids is 1.